The van der Waals surface area contributed by atoms with Crippen LogP contribution in [0.15, 0.2) is 121 Å². The molecule has 0 amide bonds. The summed E-state index contributed by atoms with van der Waals surface area (Å²) in [5.74, 6) is 7.23. The Labute approximate surface area is 345 Å². The molecule has 306 valence electrons. The number of unbranched alkanes of at least 4 members (excludes halogenated alkanes) is 2. The van der Waals surface area contributed by atoms with Crippen LogP contribution in [0.1, 0.15) is 80.0 Å². The third-order valence-corrected chi connectivity index (χ3v) is 12.6. The zero-order valence-corrected chi connectivity index (χ0v) is 33.8. The maximum absolute atomic E-state index is 12.6. The number of hydrogen-bond donors (Lipinski definition) is 1. The lowest BCUT2D eigenvalue weighted by Crippen LogP contribution is -2.66. The van der Waals surface area contributed by atoms with E-state index in [1.807, 2.05) is 121 Å². The Hall–Kier alpha value is -3.84. The van der Waals surface area contributed by atoms with Gasteiger partial charge in [0.15, 0.2) is 6.10 Å². The van der Waals surface area contributed by atoms with Gasteiger partial charge in [-0.05, 0) is 103 Å². The highest BCUT2D eigenvalue weighted by atomic mass is 16.7. The summed E-state index contributed by atoms with van der Waals surface area (Å²) in [7, 11) is 0. The van der Waals surface area contributed by atoms with E-state index in [0.717, 1.165) is 66.1 Å². The van der Waals surface area contributed by atoms with Gasteiger partial charge in [-0.15, -0.1) is 0 Å². The van der Waals surface area contributed by atoms with E-state index < -0.39 is 30.2 Å². The highest BCUT2D eigenvalue weighted by Gasteiger charge is 2.56. The van der Waals surface area contributed by atoms with Crippen LogP contribution >= 0.6 is 0 Å². The third kappa shape index (κ3) is 10.9. The third-order valence-electron chi connectivity index (χ3n) is 12.6. The summed E-state index contributed by atoms with van der Waals surface area (Å²) < 4.78 is 39.5. The molecule has 1 unspecified atom stereocenters. The average Bonchev–Trinajstić information content (AvgIpc) is 3.24. The van der Waals surface area contributed by atoms with Crippen LogP contribution in [0.2, 0.25) is 0 Å². The van der Waals surface area contributed by atoms with E-state index in [2.05, 4.69) is 11.8 Å². The van der Waals surface area contributed by atoms with Gasteiger partial charge in [-0.25, -0.2) is 0 Å². The lowest BCUT2D eigenvalue weighted by Gasteiger charge is -2.56. The fraction of sp³-hybridized carbons (Fsp3) is 0.490. The molecule has 7 nitrogen and oxygen atoms in total. The van der Waals surface area contributed by atoms with Gasteiger partial charge in [0.25, 0.3) is 5.79 Å². The molecule has 1 aliphatic heterocycles. The molecule has 9 rings (SSSR count). The molecule has 0 spiro atoms. The van der Waals surface area contributed by atoms with Gasteiger partial charge in [0.1, 0.15) is 18.3 Å². The van der Waals surface area contributed by atoms with Crippen molar-refractivity contribution >= 4 is 0 Å². The monoisotopic (exact) mass is 784 g/mol. The summed E-state index contributed by atoms with van der Waals surface area (Å²) in [6, 6.07) is 40.0. The maximum Gasteiger partial charge on any atom is 0.261 e. The van der Waals surface area contributed by atoms with Crippen molar-refractivity contribution in [3.05, 3.63) is 144 Å². The van der Waals surface area contributed by atoms with E-state index >= 15 is 0 Å². The molecule has 4 bridgehead atoms. The van der Waals surface area contributed by atoms with Gasteiger partial charge in [-0.3, -0.25) is 0 Å². The van der Waals surface area contributed by atoms with E-state index in [-0.39, 0.29) is 19.8 Å². The Morgan fingerprint density at radius 3 is 1.59 bits per heavy atom. The van der Waals surface area contributed by atoms with Gasteiger partial charge < -0.3 is 33.5 Å². The van der Waals surface area contributed by atoms with Crippen molar-refractivity contribution in [2.75, 3.05) is 19.8 Å². The van der Waals surface area contributed by atoms with Gasteiger partial charge in [-0.1, -0.05) is 127 Å². The molecule has 58 heavy (non-hydrogen) atoms. The fourth-order valence-electron chi connectivity index (χ4n) is 10.3. The van der Waals surface area contributed by atoms with Crippen LogP contribution in [0, 0.1) is 35.0 Å². The molecule has 4 saturated carbocycles. The van der Waals surface area contributed by atoms with Crippen molar-refractivity contribution in [2.24, 2.45) is 23.2 Å². The van der Waals surface area contributed by atoms with E-state index in [9.17, 15) is 5.11 Å². The minimum Gasteiger partial charge on any atom is -0.381 e. The van der Waals surface area contributed by atoms with Crippen molar-refractivity contribution in [3.63, 3.8) is 0 Å². The Morgan fingerprint density at radius 1 is 0.569 bits per heavy atom. The number of rotatable bonds is 19. The van der Waals surface area contributed by atoms with Crippen LogP contribution in [-0.2, 0) is 54.8 Å². The van der Waals surface area contributed by atoms with Crippen LogP contribution in [0.4, 0.5) is 0 Å². The minimum atomic E-state index is -2.00. The van der Waals surface area contributed by atoms with Gasteiger partial charge >= 0.3 is 0 Å². The highest BCUT2D eigenvalue weighted by Crippen LogP contribution is 2.60. The van der Waals surface area contributed by atoms with Crippen LogP contribution < -0.4 is 0 Å². The first-order valence-electron chi connectivity index (χ1n) is 21.6. The van der Waals surface area contributed by atoms with Crippen molar-refractivity contribution < 1.29 is 33.5 Å². The summed E-state index contributed by atoms with van der Waals surface area (Å²) >= 11 is 0. The number of benzene rings is 4. The molecule has 5 fully saturated rings. The first kappa shape index (κ1) is 40.9. The van der Waals surface area contributed by atoms with Crippen molar-refractivity contribution in [2.45, 2.75) is 114 Å². The van der Waals surface area contributed by atoms with Gasteiger partial charge in [-0.2, -0.15) is 0 Å². The van der Waals surface area contributed by atoms with E-state index in [1.54, 1.807) is 0 Å². The lowest BCUT2D eigenvalue weighted by molar-refractivity contribution is -0.347. The first-order chi connectivity index (χ1) is 28.5. The zero-order chi connectivity index (χ0) is 39.5. The van der Waals surface area contributed by atoms with Crippen LogP contribution in [-0.4, -0.2) is 55.1 Å². The van der Waals surface area contributed by atoms with Crippen LogP contribution in [0.25, 0.3) is 0 Å². The molecular weight excluding hydrogens is 725 g/mol. The Kier molecular flexibility index (Phi) is 14.1. The van der Waals surface area contributed by atoms with Crippen molar-refractivity contribution in [1.82, 2.24) is 0 Å². The van der Waals surface area contributed by atoms with E-state index in [1.165, 1.54) is 38.5 Å². The molecule has 1 heterocycles. The second-order valence-corrected chi connectivity index (χ2v) is 17.3. The smallest absolute Gasteiger partial charge is 0.261 e. The number of ether oxygens (including phenoxy) is 6. The lowest BCUT2D eigenvalue weighted by atomic mass is 9.50. The standard InChI is InChI=1S/C51H60O7/c52-51(25-15-1-2-16-26-53-38-50-30-43-27-44(31-50)29-45(28-43)32-50)49(57-36-42-23-13-6-14-24-42)48(56-35-41-21-11-5-12-22-41)47(55-34-40-19-9-4-10-20-40)46(58-51)37-54-33-39-17-7-3-8-18-39/h3-14,17-24,43-49,52H,1-2,16,26-38H2/t43?,44?,45?,46-,47-,48+,49-,50?,51?/m1/s1. The molecule has 4 aromatic rings. The molecule has 5 atom stereocenters. The molecule has 7 heteroatoms. The predicted octanol–water partition coefficient (Wildman–Crippen LogP) is 9.45. The quantitative estimate of drug-likeness (QED) is 0.0751. The summed E-state index contributed by atoms with van der Waals surface area (Å²) in [6.07, 6.45) is 7.69. The molecule has 0 radical (unpaired) electrons. The second kappa shape index (κ2) is 19.9. The van der Waals surface area contributed by atoms with Gasteiger partial charge in [0.2, 0.25) is 0 Å². The average molecular weight is 785 g/mol. The summed E-state index contributed by atoms with van der Waals surface area (Å²) in [5.41, 5.74) is 4.43. The molecule has 4 aromatic carbocycles. The largest absolute Gasteiger partial charge is 0.381 e. The molecule has 0 aromatic heterocycles. The number of hydrogen-bond acceptors (Lipinski definition) is 7. The van der Waals surface area contributed by atoms with Gasteiger partial charge in [0.05, 0.1) is 39.6 Å². The van der Waals surface area contributed by atoms with Crippen LogP contribution in [0.3, 0.4) is 0 Å². The predicted molar refractivity (Wildman–Crippen MR) is 224 cm³/mol. The van der Waals surface area contributed by atoms with Crippen molar-refractivity contribution in [1.29, 1.82) is 0 Å². The Balaban J connectivity index is 0.993. The molecular formula is C51H60O7. The zero-order valence-electron chi connectivity index (χ0n) is 33.8. The number of aliphatic hydroxyl groups is 1. The molecule has 1 saturated heterocycles. The first-order valence-corrected chi connectivity index (χ1v) is 21.6. The Bertz CT molecular complexity index is 1840. The molecule has 4 aliphatic carbocycles. The fourth-order valence-corrected chi connectivity index (χ4v) is 10.3. The van der Waals surface area contributed by atoms with Crippen molar-refractivity contribution in [3.8, 4) is 11.8 Å². The maximum atomic E-state index is 12.6. The summed E-state index contributed by atoms with van der Waals surface area (Å²) in [5, 5.41) is 12.6. The Morgan fingerprint density at radius 2 is 1.05 bits per heavy atom. The second-order valence-electron chi connectivity index (χ2n) is 17.3. The minimum absolute atomic E-state index is 0.149. The van der Waals surface area contributed by atoms with Crippen LogP contribution in [0.5, 0.6) is 0 Å². The van der Waals surface area contributed by atoms with Gasteiger partial charge in [0, 0.05) is 13.0 Å². The van der Waals surface area contributed by atoms with E-state index in [0.29, 0.717) is 25.0 Å². The molecule has 5 aliphatic rings. The highest BCUT2D eigenvalue weighted by molar-refractivity contribution is 5.20. The normalized spacial score (nSPS) is 29.8. The topological polar surface area (TPSA) is 75.6 Å². The molecule has 1 N–H and O–H groups in total. The SMILES string of the molecule is OC1(C#CCCCCOCC23CC4CC(CC(C4)C2)C3)O[C@H](COCc2ccccc2)[C@@H](OCc2ccccc2)[C@H](OCc2ccccc2)[C@H]1OCc1ccccc1. The summed E-state index contributed by atoms with van der Waals surface area (Å²) in [4.78, 5) is 0. The summed E-state index contributed by atoms with van der Waals surface area (Å²) in [6.45, 7) is 3.00. The van der Waals surface area contributed by atoms with E-state index in [4.69, 9.17) is 28.4 Å².